The van der Waals surface area contributed by atoms with Crippen molar-refractivity contribution >= 4 is 11.0 Å². The number of hydrogen-bond acceptors (Lipinski definition) is 7. The van der Waals surface area contributed by atoms with Gasteiger partial charge >= 0.3 is 0 Å². The molecule has 1 saturated heterocycles. The second-order valence-electron chi connectivity index (χ2n) is 7.30. The Morgan fingerprint density at radius 1 is 1.24 bits per heavy atom. The normalized spacial score (nSPS) is 28.3. The number of nitrogens with zero attached hydrogens (tertiary/aromatic N) is 4. The van der Waals surface area contributed by atoms with Gasteiger partial charge in [-0.25, -0.2) is 18.7 Å². The Kier molecular flexibility index (Phi) is 4.82. The Morgan fingerprint density at radius 3 is 2.72 bits per heavy atom. The SMILES string of the molecule is Cc1ncnc2c1ccn2[C@@H]1O[C@H]([C@@H](O)c2ccnc(C(F)F)c2)[C@@](C)(O)[C@H]1O. The van der Waals surface area contributed by atoms with Crippen LogP contribution in [-0.4, -0.2) is 52.6 Å². The van der Waals surface area contributed by atoms with E-state index >= 15 is 0 Å². The van der Waals surface area contributed by atoms with E-state index in [-0.39, 0.29) is 5.56 Å². The molecule has 1 fully saturated rings. The van der Waals surface area contributed by atoms with Gasteiger partial charge < -0.3 is 24.6 Å². The highest BCUT2D eigenvalue weighted by molar-refractivity contribution is 5.78. The monoisotopic (exact) mass is 406 g/mol. The summed E-state index contributed by atoms with van der Waals surface area (Å²) >= 11 is 0. The summed E-state index contributed by atoms with van der Waals surface area (Å²) in [5.74, 6) is 0. The predicted molar refractivity (Wildman–Crippen MR) is 97.0 cm³/mol. The van der Waals surface area contributed by atoms with Gasteiger partial charge in [0.1, 0.15) is 41.6 Å². The van der Waals surface area contributed by atoms with Crippen molar-refractivity contribution in [1.82, 2.24) is 19.5 Å². The molecule has 0 bridgehead atoms. The number of pyridine rings is 1. The van der Waals surface area contributed by atoms with E-state index in [1.807, 2.05) is 6.92 Å². The second kappa shape index (κ2) is 7.06. The van der Waals surface area contributed by atoms with E-state index < -0.39 is 42.3 Å². The summed E-state index contributed by atoms with van der Waals surface area (Å²) in [5.41, 5.74) is -1.03. The van der Waals surface area contributed by atoms with Crippen LogP contribution in [-0.2, 0) is 4.74 Å². The van der Waals surface area contributed by atoms with Crippen molar-refractivity contribution in [2.75, 3.05) is 0 Å². The molecular weight excluding hydrogens is 386 g/mol. The molecule has 4 heterocycles. The molecule has 1 aliphatic heterocycles. The fraction of sp³-hybridized carbons (Fsp3) is 0.421. The predicted octanol–water partition coefficient (Wildman–Crippen LogP) is 1.82. The first-order chi connectivity index (χ1) is 13.7. The first kappa shape index (κ1) is 19.8. The Bertz CT molecular complexity index is 1040. The van der Waals surface area contributed by atoms with Crippen molar-refractivity contribution in [3.63, 3.8) is 0 Å². The highest BCUT2D eigenvalue weighted by atomic mass is 19.3. The molecule has 0 spiro atoms. The zero-order chi connectivity index (χ0) is 20.9. The first-order valence-corrected chi connectivity index (χ1v) is 8.98. The molecule has 5 atom stereocenters. The number of aromatic nitrogens is 4. The molecule has 0 unspecified atom stereocenters. The van der Waals surface area contributed by atoms with Crippen molar-refractivity contribution in [2.24, 2.45) is 0 Å². The van der Waals surface area contributed by atoms with E-state index in [1.54, 1.807) is 16.8 Å². The molecule has 154 valence electrons. The minimum absolute atomic E-state index is 0.101. The van der Waals surface area contributed by atoms with Crippen LogP contribution in [0.4, 0.5) is 8.78 Å². The molecule has 3 aromatic rings. The maximum Gasteiger partial charge on any atom is 0.280 e. The molecule has 3 aromatic heterocycles. The maximum absolute atomic E-state index is 13.0. The summed E-state index contributed by atoms with van der Waals surface area (Å²) in [6, 6.07) is 4.17. The minimum Gasteiger partial charge on any atom is -0.386 e. The second-order valence-corrected chi connectivity index (χ2v) is 7.30. The molecular formula is C19H20F2N4O4. The minimum atomic E-state index is -2.81. The van der Waals surface area contributed by atoms with Crippen molar-refractivity contribution in [3.05, 3.63) is 53.9 Å². The van der Waals surface area contributed by atoms with E-state index in [0.29, 0.717) is 5.65 Å². The van der Waals surface area contributed by atoms with Gasteiger partial charge in [-0.05, 0) is 37.6 Å². The lowest BCUT2D eigenvalue weighted by molar-refractivity contribution is -0.115. The molecule has 0 saturated carbocycles. The Hall–Kier alpha value is -2.53. The summed E-state index contributed by atoms with van der Waals surface area (Å²) < 4.78 is 33.3. The summed E-state index contributed by atoms with van der Waals surface area (Å²) in [7, 11) is 0. The lowest BCUT2D eigenvalue weighted by atomic mass is 9.88. The van der Waals surface area contributed by atoms with Crippen LogP contribution >= 0.6 is 0 Å². The van der Waals surface area contributed by atoms with E-state index in [0.717, 1.165) is 23.3 Å². The van der Waals surface area contributed by atoms with Crippen molar-refractivity contribution in [2.45, 2.75) is 50.4 Å². The number of aliphatic hydroxyl groups is 3. The number of alkyl halides is 2. The van der Waals surface area contributed by atoms with Crippen LogP contribution in [0.2, 0.25) is 0 Å². The highest BCUT2D eigenvalue weighted by Crippen LogP contribution is 2.43. The van der Waals surface area contributed by atoms with Crippen molar-refractivity contribution in [1.29, 1.82) is 0 Å². The fourth-order valence-corrected chi connectivity index (χ4v) is 3.68. The van der Waals surface area contributed by atoms with Gasteiger partial charge in [-0.2, -0.15) is 0 Å². The molecule has 3 N–H and O–H groups in total. The number of rotatable bonds is 4. The van der Waals surface area contributed by atoms with E-state index in [1.165, 1.54) is 19.3 Å². The number of fused-ring (bicyclic) bond motifs is 1. The summed E-state index contributed by atoms with van der Waals surface area (Å²) in [6.07, 6.45) is -3.84. The number of aliphatic hydroxyl groups excluding tert-OH is 2. The maximum atomic E-state index is 13.0. The van der Waals surface area contributed by atoms with Gasteiger partial charge in [-0.1, -0.05) is 0 Å². The quantitative estimate of drug-likeness (QED) is 0.606. The zero-order valence-corrected chi connectivity index (χ0v) is 15.6. The molecule has 0 aliphatic carbocycles. The average Bonchev–Trinajstić information content (AvgIpc) is 3.22. The van der Waals surface area contributed by atoms with Gasteiger partial charge in [0, 0.05) is 17.8 Å². The molecule has 0 amide bonds. The lowest BCUT2D eigenvalue weighted by Crippen LogP contribution is -2.47. The van der Waals surface area contributed by atoms with Gasteiger partial charge in [-0.3, -0.25) is 4.98 Å². The van der Waals surface area contributed by atoms with Crippen molar-refractivity contribution < 1.29 is 28.8 Å². The van der Waals surface area contributed by atoms with Crippen LogP contribution < -0.4 is 0 Å². The van der Waals surface area contributed by atoms with Crippen LogP contribution in [0.3, 0.4) is 0 Å². The average molecular weight is 406 g/mol. The molecule has 8 nitrogen and oxygen atoms in total. The Balaban J connectivity index is 1.69. The summed E-state index contributed by atoms with van der Waals surface area (Å²) in [5, 5.41) is 33.1. The van der Waals surface area contributed by atoms with Crippen LogP contribution in [0.25, 0.3) is 11.0 Å². The Labute approximate surface area is 164 Å². The summed E-state index contributed by atoms with van der Waals surface area (Å²) in [6.45, 7) is 3.14. The van der Waals surface area contributed by atoms with Gasteiger partial charge in [-0.15, -0.1) is 0 Å². The van der Waals surface area contributed by atoms with Crippen LogP contribution in [0.15, 0.2) is 36.9 Å². The fourth-order valence-electron chi connectivity index (χ4n) is 3.68. The molecule has 0 aromatic carbocycles. The molecule has 4 rings (SSSR count). The Morgan fingerprint density at radius 2 is 2.00 bits per heavy atom. The number of aryl methyl sites for hydroxylation is 1. The van der Waals surface area contributed by atoms with Gasteiger partial charge in [0.05, 0.1) is 5.69 Å². The van der Waals surface area contributed by atoms with Crippen LogP contribution in [0.5, 0.6) is 0 Å². The van der Waals surface area contributed by atoms with E-state index in [9.17, 15) is 24.1 Å². The molecule has 1 aliphatic rings. The lowest BCUT2D eigenvalue weighted by Gasteiger charge is -2.29. The molecule has 0 radical (unpaired) electrons. The third-order valence-electron chi connectivity index (χ3n) is 5.37. The summed E-state index contributed by atoms with van der Waals surface area (Å²) in [4.78, 5) is 11.9. The van der Waals surface area contributed by atoms with Crippen LogP contribution in [0.1, 0.15) is 42.6 Å². The molecule has 10 heteroatoms. The zero-order valence-electron chi connectivity index (χ0n) is 15.6. The number of halogens is 2. The largest absolute Gasteiger partial charge is 0.386 e. The van der Waals surface area contributed by atoms with Gasteiger partial charge in [0.2, 0.25) is 0 Å². The third kappa shape index (κ3) is 3.18. The first-order valence-electron chi connectivity index (χ1n) is 8.98. The number of ether oxygens (including phenoxy) is 1. The van der Waals surface area contributed by atoms with E-state index in [4.69, 9.17) is 4.74 Å². The highest BCUT2D eigenvalue weighted by Gasteiger charge is 2.55. The van der Waals surface area contributed by atoms with Gasteiger partial charge in [0.25, 0.3) is 6.43 Å². The standard InChI is InChI=1S/C19H20F2N4O4/c1-9-11-4-6-25(17(11)24-8-23-9)18-14(27)19(2,28)15(29-18)13(26)10-3-5-22-12(7-10)16(20)21/h3-8,13-16,18,26-28H,1-2H3/t13-,14-,15+,18+,19-/m0/s1. The topological polar surface area (TPSA) is 114 Å². The number of hydrogen-bond donors (Lipinski definition) is 3. The van der Waals surface area contributed by atoms with E-state index in [2.05, 4.69) is 15.0 Å². The van der Waals surface area contributed by atoms with Crippen molar-refractivity contribution in [3.8, 4) is 0 Å². The smallest absolute Gasteiger partial charge is 0.280 e. The third-order valence-corrected chi connectivity index (χ3v) is 5.37. The molecule has 29 heavy (non-hydrogen) atoms. The van der Waals surface area contributed by atoms with Gasteiger partial charge in [0.15, 0.2) is 6.23 Å². The van der Waals surface area contributed by atoms with Crippen LogP contribution in [0, 0.1) is 6.92 Å².